The molecular weight excluding hydrogens is 416 g/mol. The number of hydrogen-bond acceptors (Lipinski definition) is 6. The summed E-state index contributed by atoms with van der Waals surface area (Å²) in [4.78, 5) is 26.2. The number of hydrogen-bond donors (Lipinski definition) is 1. The normalized spacial score (nSPS) is 13.0. The summed E-state index contributed by atoms with van der Waals surface area (Å²) in [6, 6.07) is 20.1. The lowest BCUT2D eigenvalue weighted by atomic mass is 9.82. The number of fused-ring (bicyclic) bond motifs is 3. The lowest BCUT2D eigenvalue weighted by Crippen LogP contribution is -2.25. The van der Waals surface area contributed by atoms with Crippen LogP contribution in [0.15, 0.2) is 83.8 Å². The Bertz CT molecular complexity index is 1500. The summed E-state index contributed by atoms with van der Waals surface area (Å²) in [5.74, 6) is -1.66. The van der Waals surface area contributed by atoms with Gasteiger partial charge in [0, 0.05) is 21.9 Å². The molecule has 0 unspecified atom stereocenters. The van der Waals surface area contributed by atoms with Gasteiger partial charge in [-0.3, -0.25) is 9.59 Å². The molecule has 7 heteroatoms. The molecule has 31 heavy (non-hydrogen) atoms. The largest absolute Gasteiger partial charge is 0.507 e. The highest BCUT2D eigenvalue weighted by molar-refractivity contribution is 7.87. The molecule has 4 aromatic rings. The Hall–Kier alpha value is -3.97. The quantitative estimate of drug-likeness (QED) is 0.433. The Morgan fingerprint density at radius 3 is 1.81 bits per heavy atom. The average Bonchev–Trinajstić information content (AvgIpc) is 2.77. The zero-order chi connectivity index (χ0) is 21.8. The van der Waals surface area contributed by atoms with Gasteiger partial charge in [-0.25, -0.2) is 0 Å². The van der Waals surface area contributed by atoms with E-state index >= 15 is 0 Å². The molecule has 0 radical (unpaired) electrons. The van der Waals surface area contributed by atoms with E-state index in [0.29, 0.717) is 0 Å². The average molecular weight is 430 g/mol. The van der Waals surface area contributed by atoms with E-state index in [2.05, 4.69) is 0 Å². The van der Waals surface area contributed by atoms with E-state index in [1.54, 1.807) is 42.5 Å². The summed E-state index contributed by atoms with van der Waals surface area (Å²) in [7, 11) is -4.54. The molecule has 152 valence electrons. The van der Waals surface area contributed by atoms with Crippen LogP contribution < -0.4 is 4.18 Å². The highest BCUT2D eigenvalue weighted by Crippen LogP contribution is 2.43. The molecule has 0 bridgehead atoms. The van der Waals surface area contributed by atoms with Crippen molar-refractivity contribution in [1.82, 2.24) is 0 Å². The number of para-hydroxylation sites is 1. The Balaban J connectivity index is 1.89. The lowest BCUT2D eigenvalue weighted by Gasteiger charge is -2.23. The van der Waals surface area contributed by atoms with E-state index in [0.717, 1.165) is 0 Å². The van der Waals surface area contributed by atoms with Gasteiger partial charge in [0.2, 0.25) is 0 Å². The molecule has 1 aliphatic carbocycles. The highest BCUT2D eigenvalue weighted by Gasteiger charge is 2.39. The summed E-state index contributed by atoms with van der Waals surface area (Å²) in [6.45, 7) is 0. The van der Waals surface area contributed by atoms with Crippen LogP contribution in [0.25, 0.3) is 10.8 Å². The molecule has 4 aromatic carbocycles. The Morgan fingerprint density at radius 2 is 1.16 bits per heavy atom. The zero-order valence-corrected chi connectivity index (χ0v) is 16.7. The third kappa shape index (κ3) is 2.82. The number of rotatable bonds is 3. The minimum Gasteiger partial charge on any atom is -0.507 e. The number of carbonyl (C=O) groups is 2. The first-order valence-corrected chi connectivity index (χ1v) is 10.8. The number of phenolic OH excluding ortho intramolecular Hbond substituents is 1. The van der Waals surface area contributed by atoms with Gasteiger partial charge in [-0.2, -0.15) is 8.42 Å². The first-order valence-electron chi connectivity index (χ1n) is 9.36. The van der Waals surface area contributed by atoms with E-state index < -0.39 is 32.3 Å². The molecule has 0 aliphatic heterocycles. The molecule has 1 aliphatic rings. The summed E-state index contributed by atoms with van der Waals surface area (Å²) in [5, 5.41) is 11.1. The smallest absolute Gasteiger partial charge is 0.340 e. The van der Waals surface area contributed by atoms with Crippen LogP contribution in [0.4, 0.5) is 0 Å². The van der Waals surface area contributed by atoms with E-state index in [4.69, 9.17) is 4.18 Å². The van der Waals surface area contributed by atoms with Crippen LogP contribution in [-0.2, 0) is 10.1 Å². The topological polar surface area (TPSA) is 97.7 Å². The summed E-state index contributed by atoms with van der Waals surface area (Å²) < 4.78 is 32.1. The third-order valence-corrected chi connectivity index (χ3v) is 6.55. The van der Waals surface area contributed by atoms with Crippen LogP contribution in [0.5, 0.6) is 11.5 Å². The fourth-order valence-electron chi connectivity index (χ4n) is 3.88. The molecule has 6 nitrogen and oxygen atoms in total. The van der Waals surface area contributed by atoms with Crippen molar-refractivity contribution in [2.75, 3.05) is 0 Å². The number of phenols is 1. The molecule has 0 amide bonds. The van der Waals surface area contributed by atoms with Gasteiger partial charge >= 0.3 is 10.1 Å². The second kappa shape index (κ2) is 6.78. The van der Waals surface area contributed by atoms with Crippen molar-refractivity contribution in [1.29, 1.82) is 0 Å². The second-order valence-corrected chi connectivity index (χ2v) is 8.51. The fourth-order valence-corrected chi connectivity index (χ4v) is 5.22. The maximum Gasteiger partial charge on any atom is 0.340 e. The van der Waals surface area contributed by atoms with Crippen LogP contribution >= 0.6 is 0 Å². The van der Waals surface area contributed by atoms with E-state index in [-0.39, 0.29) is 38.8 Å². The Morgan fingerprint density at radius 1 is 0.645 bits per heavy atom. The van der Waals surface area contributed by atoms with Crippen molar-refractivity contribution >= 4 is 32.5 Å². The zero-order valence-electron chi connectivity index (χ0n) is 15.9. The van der Waals surface area contributed by atoms with E-state index in [1.165, 1.54) is 36.4 Å². The maximum absolute atomic E-state index is 13.4. The second-order valence-electron chi connectivity index (χ2n) is 7.03. The van der Waals surface area contributed by atoms with Gasteiger partial charge in [0.15, 0.2) is 11.6 Å². The van der Waals surface area contributed by atoms with Crippen LogP contribution in [-0.4, -0.2) is 25.1 Å². The lowest BCUT2D eigenvalue weighted by molar-refractivity contribution is 0.0974. The highest BCUT2D eigenvalue weighted by atomic mass is 32.2. The van der Waals surface area contributed by atoms with Crippen molar-refractivity contribution in [3.63, 3.8) is 0 Å². The molecule has 0 saturated heterocycles. The predicted molar refractivity (Wildman–Crippen MR) is 113 cm³/mol. The molecule has 0 atom stereocenters. The first-order chi connectivity index (χ1) is 14.9. The minimum absolute atomic E-state index is 0.0587. The SMILES string of the molecule is O=C1c2ccccc2C(=O)c2c1c(O)c1ccccc1c2S(=O)(=O)Oc1ccccc1. The van der Waals surface area contributed by atoms with Crippen LogP contribution in [0, 0.1) is 0 Å². The fraction of sp³-hybridized carbons (Fsp3) is 0. The van der Waals surface area contributed by atoms with E-state index in [1.807, 2.05) is 0 Å². The summed E-state index contributed by atoms with van der Waals surface area (Å²) in [5.41, 5.74) is -0.530. The number of benzene rings is 4. The molecule has 1 N–H and O–H groups in total. The Labute approximate surface area is 177 Å². The van der Waals surface area contributed by atoms with Gasteiger partial charge in [-0.1, -0.05) is 66.7 Å². The van der Waals surface area contributed by atoms with Crippen molar-refractivity contribution in [3.8, 4) is 11.5 Å². The van der Waals surface area contributed by atoms with Crippen molar-refractivity contribution in [2.24, 2.45) is 0 Å². The summed E-state index contributed by atoms with van der Waals surface area (Å²) >= 11 is 0. The summed E-state index contributed by atoms with van der Waals surface area (Å²) in [6.07, 6.45) is 0. The van der Waals surface area contributed by atoms with Crippen LogP contribution in [0.1, 0.15) is 31.8 Å². The Kier molecular flexibility index (Phi) is 4.16. The monoisotopic (exact) mass is 430 g/mol. The van der Waals surface area contributed by atoms with Gasteiger partial charge < -0.3 is 9.29 Å². The first kappa shape index (κ1) is 19.0. The van der Waals surface area contributed by atoms with Crippen molar-refractivity contribution in [2.45, 2.75) is 4.90 Å². The van der Waals surface area contributed by atoms with E-state index in [9.17, 15) is 23.1 Å². The molecule has 0 aromatic heterocycles. The van der Waals surface area contributed by atoms with Gasteiger partial charge in [-0.05, 0) is 12.1 Å². The molecule has 0 saturated carbocycles. The van der Waals surface area contributed by atoms with Crippen molar-refractivity contribution < 1.29 is 27.3 Å². The molecular formula is C24H14O6S. The molecule has 0 fully saturated rings. The van der Waals surface area contributed by atoms with Gasteiger partial charge in [0.1, 0.15) is 16.4 Å². The van der Waals surface area contributed by atoms with Gasteiger partial charge in [0.25, 0.3) is 0 Å². The molecule has 0 spiro atoms. The number of carbonyl (C=O) groups excluding carboxylic acids is 2. The van der Waals surface area contributed by atoms with Gasteiger partial charge in [-0.15, -0.1) is 0 Å². The van der Waals surface area contributed by atoms with Crippen molar-refractivity contribution in [3.05, 3.63) is 101 Å². The number of ketones is 2. The molecule has 0 heterocycles. The number of aromatic hydroxyl groups is 1. The van der Waals surface area contributed by atoms with Crippen LogP contribution in [0.3, 0.4) is 0 Å². The molecule has 5 rings (SSSR count). The maximum atomic E-state index is 13.4. The van der Waals surface area contributed by atoms with Crippen LogP contribution in [0.2, 0.25) is 0 Å². The third-order valence-electron chi connectivity index (χ3n) is 5.21. The standard InChI is InChI=1S/C24H14O6S/c25-21-15-10-4-5-11-16(15)23(27)20-19(21)22(26)17-12-6-7-13-18(17)24(20)31(28,29)30-14-8-2-1-3-9-14/h1-13,26H. The predicted octanol–water partition coefficient (Wildman–Crippen LogP) is 4.09. The minimum atomic E-state index is -4.54. The van der Waals surface area contributed by atoms with Gasteiger partial charge in [0.05, 0.1) is 11.1 Å².